The number of rotatable bonds is 5. The molecule has 0 radical (unpaired) electrons. The number of amides is 1. The minimum atomic E-state index is -0.304. The third-order valence-electron chi connectivity index (χ3n) is 5.78. The molecule has 7 heteroatoms. The van der Waals surface area contributed by atoms with Gasteiger partial charge in [-0.3, -0.25) is 14.2 Å². The van der Waals surface area contributed by atoms with Crippen molar-refractivity contribution in [2.45, 2.75) is 25.9 Å². The fourth-order valence-electron chi connectivity index (χ4n) is 3.79. The SMILES string of the molecule is Cc1ccc(-n2c(SCC(=O)Nc3ccc(C)c(C)c3)nc3c(oc4ccccc43)c2=O)cc1. The lowest BCUT2D eigenvalue weighted by molar-refractivity contribution is -0.113. The average Bonchev–Trinajstić information content (AvgIpc) is 3.20. The van der Waals surface area contributed by atoms with Crippen LogP contribution in [0.25, 0.3) is 27.8 Å². The summed E-state index contributed by atoms with van der Waals surface area (Å²) in [5, 5.41) is 4.13. The zero-order valence-electron chi connectivity index (χ0n) is 19.1. The number of carbonyl (C=O) groups excluding carboxylic acids is 1. The standard InChI is InChI=1S/C27H23N3O3S/c1-16-8-12-20(13-9-16)30-26(32)25-24(21-6-4-5-7-22(21)33-25)29-27(30)34-15-23(31)28-19-11-10-17(2)18(3)14-19/h4-14H,15H2,1-3H3,(H,28,31). The topological polar surface area (TPSA) is 77.1 Å². The van der Waals surface area contributed by atoms with Gasteiger partial charge in [-0.1, -0.05) is 47.7 Å². The van der Waals surface area contributed by atoms with E-state index in [0.717, 1.165) is 22.2 Å². The number of hydrogen-bond donors (Lipinski definition) is 1. The Kier molecular flexibility index (Phi) is 5.71. The first-order valence-electron chi connectivity index (χ1n) is 10.9. The van der Waals surface area contributed by atoms with E-state index < -0.39 is 0 Å². The number of aromatic nitrogens is 2. The number of nitrogens with zero attached hydrogens (tertiary/aromatic N) is 2. The maximum Gasteiger partial charge on any atom is 0.302 e. The fourth-order valence-corrected chi connectivity index (χ4v) is 4.59. The van der Waals surface area contributed by atoms with E-state index in [4.69, 9.17) is 9.40 Å². The second-order valence-corrected chi connectivity index (χ2v) is 9.22. The van der Waals surface area contributed by atoms with Gasteiger partial charge in [0.2, 0.25) is 11.5 Å². The Morgan fingerprint density at radius 1 is 1.00 bits per heavy atom. The molecule has 5 rings (SSSR count). The van der Waals surface area contributed by atoms with Crippen molar-refractivity contribution < 1.29 is 9.21 Å². The zero-order chi connectivity index (χ0) is 23.8. The Morgan fingerprint density at radius 3 is 2.53 bits per heavy atom. The van der Waals surface area contributed by atoms with Gasteiger partial charge in [-0.2, -0.15) is 0 Å². The van der Waals surface area contributed by atoms with Crippen LogP contribution in [0.5, 0.6) is 0 Å². The van der Waals surface area contributed by atoms with Gasteiger partial charge in [-0.25, -0.2) is 4.98 Å². The van der Waals surface area contributed by atoms with Gasteiger partial charge in [-0.15, -0.1) is 0 Å². The molecule has 0 aliphatic rings. The molecule has 0 fully saturated rings. The van der Waals surface area contributed by atoms with Crippen LogP contribution < -0.4 is 10.9 Å². The normalized spacial score (nSPS) is 11.3. The van der Waals surface area contributed by atoms with E-state index in [1.54, 1.807) is 0 Å². The molecule has 0 unspecified atom stereocenters. The van der Waals surface area contributed by atoms with E-state index in [1.165, 1.54) is 21.9 Å². The number of furan rings is 1. The summed E-state index contributed by atoms with van der Waals surface area (Å²) in [6, 6.07) is 20.9. The first-order valence-corrected chi connectivity index (χ1v) is 11.9. The molecule has 0 saturated carbocycles. The molecule has 5 aromatic rings. The van der Waals surface area contributed by atoms with Crippen molar-refractivity contribution in [1.82, 2.24) is 9.55 Å². The Morgan fingerprint density at radius 2 is 1.76 bits per heavy atom. The summed E-state index contributed by atoms with van der Waals surface area (Å²) < 4.78 is 7.38. The van der Waals surface area contributed by atoms with Crippen molar-refractivity contribution in [3.8, 4) is 5.69 Å². The highest BCUT2D eigenvalue weighted by Crippen LogP contribution is 2.28. The molecular formula is C27H23N3O3S. The molecule has 0 atom stereocenters. The molecule has 0 saturated heterocycles. The number of nitrogens with one attached hydrogen (secondary N) is 1. The highest BCUT2D eigenvalue weighted by atomic mass is 32.2. The van der Waals surface area contributed by atoms with E-state index in [1.807, 2.05) is 87.5 Å². The van der Waals surface area contributed by atoms with Crippen molar-refractivity contribution >= 4 is 45.4 Å². The summed E-state index contributed by atoms with van der Waals surface area (Å²) in [5.41, 5.74) is 5.77. The summed E-state index contributed by atoms with van der Waals surface area (Å²) in [6.45, 7) is 6.02. The molecule has 0 aliphatic heterocycles. The van der Waals surface area contributed by atoms with Crippen LogP contribution >= 0.6 is 11.8 Å². The van der Waals surface area contributed by atoms with E-state index >= 15 is 0 Å². The first-order chi connectivity index (χ1) is 16.4. The van der Waals surface area contributed by atoms with E-state index in [9.17, 15) is 9.59 Å². The Labute approximate surface area is 200 Å². The van der Waals surface area contributed by atoms with Crippen molar-refractivity contribution in [3.63, 3.8) is 0 Å². The first kappa shape index (κ1) is 22.0. The van der Waals surface area contributed by atoms with Crippen molar-refractivity contribution in [2.24, 2.45) is 0 Å². The smallest absolute Gasteiger partial charge is 0.302 e. The van der Waals surface area contributed by atoms with Gasteiger partial charge in [0.05, 0.1) is 11.4 Å². The molecule has 2 heterocycles. The van der Waals surface area contributed by atoms with Gasteiger partial charge in [0.1, 0.15) is 11.1 Å². The molecule has 0 bridgehead atoms. The molecule has 2 aromatic heterocycles. The maximum absolute atomic E-state index is 13.5. The number of aryl methyl sites for hydroxylation is 3. The highest BCUT2D eigenvalue weighted by molar-refractivity contribution is 7.99. The van der Waals surface area contributed by atoms with Crippen molar-refractivity contribution in [3.05, 3.63) is 93.8 Å². The van der Waals surface area contributed by atoms with Crippen LogP contribution in [0.1, 0.15) is 16.7 Å². The van der Waals surface area contributed by atoms with Crippen LogP contribution in [0.15, 0.2) is 81.1 Å². The number of benzene rings is 3. The minimum absolute atomic E-state index is 0.104. The Bertz CT molecular complexity index is 1600. The highest BCUT2D eigenvalue weighted by Gasteiger charge is 2.19. The Balaban J connectivity index is 1.54. The van der Waals surface area contributed by atoms with Crippen LogP contribution in [0.4, 0.5) is 5.69 Å². The third-order valence-corrected chi connectivity index (χ3v) is 6.72. The van der Waals surface area contributed by atoms with Crippen molar-refractivity contribution in [1.29, 1.82) is 0 Å². The summed E-state index contributed by atoms with van der Waals surface area (Å²) in [6.07, 6.45) is 0. The molecule has 0 spiro atoms. The van der Waals surface area contributed by atoms with Crippen molar-refractivity contribution in [2.75, 3.05) is 11.1 Å². The number of para-hydroxylation sites is 1. The van der Waals surface area contributed by atoms with E-state index in [-0.39, 0.29) is 22.8 Å². The predicted molar refractivity (Wildman–Crippen MR) is 137 cm³/mol. The van der Waals surface area contributed by atoms with E-state index in [2.05, 4.69) is 5.32 Å². The lowest BCUT2D eigenvalue weighted by atomic mass is 10.1. The lowest BCUT2D eigenvalue weighted by Crippen LogP contribution is -2.22. The number of thioether (sulfide) groups is 1. The molecule has 6 nitrogen and oxygen atoms in total. The summed E-state index contributed by atoms with van der Waals surface area (Å²) in [7, 11) is 0. The second kappa shape index (κ2) is 8.83. The van der Waals surface area contributed by atoms with E-state index in [0.29, 0.717) is 21.9 Å². The molecule has 3 aromatic carbocycles. The van der Waals surface area contributed by atoms with Gasteiger partial charge in [-0.05, 0) is 68.3 Å². The zero-order valence-corrected chi connectivity index (χ0v) is 19.9. The van der Waals surface area contributed by atoms with Gasteiger partial charge in [0.25, 0.3) is 0 Å². The molecule has 1 amide bonds. The minimum Gasteiger partial charge on any atom is -0.448 e. The maximum atomic E-state index is 13.5. The molecule has 1 N–H and O–H groups in total. The average molecular weight is 470 g/mol. The summed E-state index contributed by atoms with van der Waals surface area (Å²) in [4.78, 5) is 31.0. The number of fused-ring (bicyclic) bond motifs is 3. The van der Waals surface area contributed by atoms with Crippen LogP contribution in [-0.4, -0.2) is 21.2 Å². The fraction of sp³-hybridized carbons (Fsp3) is 0.148. The number of anilines is 1. The quantitative estimate of drug-likeness (QED) is 0.260. The molecule has 0 aliphatic carbocycles. The third kappa shape index (κ3) is 4.10. The number of carbonyl (C=O) groups is 1. The van der Waals surface area contributed by atoms with Crippen LogP contribution in [0.3, 0.4) is 0 Å². The van der Waals surface area contributed by atoms with Gasteiger partial charge < -0.3 is 9.73 Å². The predicted octanol–water partition coefficient (Wildman–Crippen LogP) is 5.79. The Hall–Kier alpha value is -3.84. The molecular weight excluding hydrogens is 446 g/mol. The monoisotopic (exact) mass is 469 g/mol. The van der Waals surface area contributed by atoms with Gasteiger partial charge in [0, 0.05) is 11.1 Å². The second-order valence-electron chi connectivity index (χ2n) is 8.28. The summed E-state index contributed by atoms with van der Waals surface area (Å²) in [5.74, 6) is -0.0675. The largest absolute Gasteiger partial charge is 0.448 e. The van der Waals surface area contributed by atoms with Crippen LogP contribution in [0.2, 0.25) is 0 Å². The lowest BCUT2D eigenvalue weighted by Gasteiger charge is -2.12. The summed E-state index contributed by atoms with van der Waals surface area (Å²) >= 11 is 1.22. The van der Waals surface area contributed by atoms with Gasteiger partial charge >= 0.3 is 5.56 Å². The van der Waals surface area contributed by atoms with Crippen LogP contribution in [-0.2, 0) is 4.79 Å². The van der Waals surface area contributed by atoms with Crippen LogP contribution in [0, 0.1) is 20.8 Å². The molecule has 170 valence electrons. The number of hydrogen-bond acceptors (Lipinski definition) is 5. The van der Waals surface area contributed by atoms with Gasteiger partial charge in [0.15, 0.2) is 5.16 Å². The molecule has 34 heavy (non-hydrogen) atoms.